The number of nitrogens with zero attached hydrogens (tertiary/aromatic N) is 1. The maximum atomic E-state index is 7.19. The van der Waals surface area contributed by atoms with Crippen LogP contribution in [0.25, 0.3) is 11.1 Å². The van der Waals surface area contributed by atoms with Gasteiger partial charge < -0.3 is 9.64 Å². The van der Waals surface area contributed by atoms with E-state index in [9.17, 15) is 0 Å². The standard InChI is InChI=1S/C56H61NO/c1-51(2)24-26-53(5,6)49-40(51)16-12-18-43(49)57(44-19-13-17-41-50(44)54(7,8)27-25-52(41,3)4)38-21-23-45-42(32-38)56(47-29-34-28-37-31-48(56)55(37,47)33-34)39-22-20-36(30-46(39)58-45)35-14-10-9-11-15-35/h9-23,30,32,34,37,47-48H,24-29,31,33H2,1-8H3. The first-order valence-corrected chi connectivity index (χ1v) is 22.8. The first-order chi connectivity index (χ1) is 27.7. The van der Waals surface area contributed by atoms with Crippen LogP contribution in [0.3, 0.4) is 0 Å². The molecule has 5 aromatic rings. The van der Waals surface area contributed by atoms with E-state index in [1.54, 1.807) is 0 Å². The molecule has 2 nitrogen and oxygen atoms in total. The molecule has 0 amide bonds. The molecule has 7 aliphatic rings. The van der Waals surface area contributed by atoms with Gasteiger partial charge in [0.25, 0.3) is 0 Å². The average Bonchev–Trinajstić information content (AvgIpc) is 3.74. The molecular formula is C56H61NO. The molecule has 0 saturated heterocycles. The molecule has 4 saturated carbocycles. The number of benzene rings is 5. The summed E-state index contributed by atoms with van der Waals surface area (Å²) in [5.74, 6) is 5.34. The van der Waals surface area contributed by atoms with E-state index in [4.69, 9.17) is 4.74 Å². The molecule has 4 fully saturated rings. The summed E-state index contributed by atoms with van der Waals surface area (Å²) in [5.41, 5.74) is 16.3. The van der Waals surface area contributed by atoms with Gasteiger partial charge in [0.2, 0.25) is 0 Å². The number of anilines is 3. The molecule has 5 aromatic carbocycles. The van der Waals surface area contributed by atoms with Crippen molar-refractivity contribution in [2.45, 2.75) is 134 Å². The lowest BCUT2D eigenvalue weighted by atomic mass is 9.26. The van der Waals surface area contributed by atoms with Gasteiger partial charge in [0, 0.05) is 22.2 Å². The summed E-state index contributed by atoms with van der Waals surface area (Å²) in [6.45, 7) is 19.9. The van der Waals surface area contributed by atoms with Crippen LogP contribution >= 0.6 is 0 Å². The van der Waals surface area contributed by atoms with Crippen molar-refractivity contribution < 1.29 is 4.74 Å². The monoisotopic (exact) mass is 763 g/mol. The van der Waals surface area contributed by atoms with Crippen LogP contribution < -0.4 is 9.64 Å². The zero-order chi connectivity index (χ0) is 39.8. The van der Waals surface area contributed by atoms with Crippen LogP contribution in [0.15, 0.2) is 103 Å². The smallest absolute Gasteiger partial charge is 0.132 e. The predicted molar refractivity (Wildman–Crippen MR) is 239 cm³/mol. The maximum absolute atomic E-state index is 7.19. The van der Waals surface area contributed by atoms with Gasteiger partial charge in [0.05, 0.1) is 11.4 Å². The second-order valence-corrected chi connectivity index (χ2v) is 22.7. The SMILES string of the molecule is CC1(C)CCC(C)(C)c2c(N(c3ccc4c(c3)C3(c5ccc(-c6ccccc6)cc5O4)C4CC5CC6CC3C64C5)c3cccc4c3C(C)(C)CCC4(C)C)cccc21. The van der Waals surface area contributed by atoms with E-state index in [-0.39, 0.29) is 27.1 Å². The fourth-order valence-corrected chi connectivity index (χ4v) is 15.2. The molecule has 0 aromatic heterocycles. The number of hydrogen-bond acceptors (Lipinski definition) is 2. The van der Waals surface area contributed by atoms with Crippen molar-refractivity contribution in [2.75, 3.05) is 4.90 Å². The molecule has 12 rings (SSSR count). The highest BCUT2D eigenvalue weighted by Crippen LogP contribution is 2.89. The Morgan fingerprint density at radius 1 is 0.500 bits per heavy atom. The predicted octanol–water partition coefficient (Wildman–Crippen LogP) is 15.0. The van der Waals surface area contributed by atoms with Crippen LogP contribution in [0.1, 0.15) is 140 Å². The first kappa shape index (κ1) is 35.6. The molecule has 58 heavy (non-hydrogen) atoms. The molecule has 6 unspecified atom stereocenters. The molecule has 296 valence electrons. The molecule has 0 N–H and O–H groups in total. The van der Waals surface area contributed by atoms with Crippen molar-refractivity contribution >= 4 is 17.1 Å². The van der Waals surface area contributed by atoms with Gasteiger partial charge in [0.1, 0.15) is 11.5 Å². The first-order valence-electron chi connectivity index (χ1n) is 22.8. The van der Waals surface area contributed by atoms with E-state index < -0.39 is 0 Å². The van der Waals surface area contributed by atoms with Crippen LogP contribution in [-0.2, 0) is 27.1 Å². The lowest BCUT2D eigenvalue weighted by Gasteiger charge is -2.77. The Morgan fingerprint density at radius 3 is 1.76 bits per heavy atom. The largest absolute Gasteiger partial charge is 0.457 e. The fourth-order valence-electron chi connectivity index (χ4n) is 15.2. The van der Waals surface area contributed by atoms with E-state index in [2.05, 4.69) is 163 Å². The van der Waals surface area contributed by atoms with E-state index in [0.29, 0.717) is 17.3 Å². The zero-order valence-electron chi connectivity index (χ0n) is 36.1. The molecule has 0 radical (unpaired) electrons. The molecule has 6 atom stereocenters. The average molecular weight is 764 g/mol. The second-order valence-electron chi connectivity index (χ2n) is 22.7. The lowest BCUT2D eigenvalue weighted by Crippen LogP contribution is -2.74. The third-order valence-electron chi connectivity index (χ3n) is 18.1. The summed E-state index contributed by atoms with van der Waals surface area (Å²) in [7, 11) is 0. The minimum atomic E-state index is -0.0137. The minimum Gasteiger partial charge on any atom is -0.457 e. The van der Waals surface area contributed by atoms with Gasteiger partial charge in [-0.05, 0) is 172 Å². The summed E-state index contributed by atoms with van der Waals surface area (Å²) < 4.78 is 7.19. The van der Waals surface area contributed by atoms with Gasteiger partial charge >= 0.3 is 0 Å². The van der Waals surface area contributed by atoms with Crippen molar-refractivity contribution in [1.82, 2.24) is 0 Å². The van der Waals surface area contributed by atoms with E-state index in [0.717, 1.165) is 23.3 Å². The zero-order valence-corrected chi connectivity index (χ0v) is 36.1. The number of rotatable bonds is 4. The van der Waals surface area contributed by atoms with E-state index in [1.165, 1.54) is 113 Å². The highest BCUT2D eigenvalue weighted by Gasteiger charge is 2.84. The fraction of sp³-hybridized carbons (Fsp3) is 0.464. The maximum Gasteiger partial charge on any atom is 0.132 e. The molecule has 6 aliphatic carbocycles. The molecule has 2 spiro atoms. The second kappa shape index (κ2) is 11.3. The van der Waals surface area contributed by atoms with Crippen LogP contribution in [0, 0.1) is 29.1 Å². The Hall–Kier alpha value is -4.30. The van der Waals surface area contributed by atoms with Crippen LogP contribution in [0.4, 0.5) is 17.1 Å². The normalized spacial score (nSPS) is 31.4. The third kappa shape index (κ3) is 4.35. The van der Waals surface area contributed by atoms with Gasteiger partial charge in [-0.3, -0.25) is 0 Å². The third-order valence-corrected chi connectivity index (χ3v) is 18.1. The minimum absolute atomic E-state index is 0.0137. The number of fused-ring (bicyclic) bond motifs is 9. The van der Waals surface area contributed by atoms with Crippen molar-refractivity contribution in [2.24, 2.45) is 29.1 Å². The molecule has 1 aliphatic heterocycles. The van der Waals surface area contributed by atoms with Crippen LogP contribution in [0.5, 0.6) is 11.5 Å². The molecule has 2 heteroatoms. The van der Waals surface area contributed by atoms with Gasteiger partial charge in [-0.25, -0.2) is 0 Å². The number of ether oxygens (including phenoxy) is 1. The van der Waals surface area contributed by atoms with Gasteiger partial charge in [-0.2, -0.15) is 0 Å². The van der Waals surface area contributed by atoms with Crippen LogP contribution in [0.2, 0.25) is 0 Å². The summed E-state index contributed by atoms with van der Waals surface area (Å²) in [6.07, 6.45) is 10.4. The van der Waals surface area contributed by atoms with Crippen molar-refractivity contribution in [1.29, 1.82) is 0 Å². The summed E-state index contributed by atoms with van der Waals surface area (Å²) in [4.78, 5) is 2.74. The van der Waals surface area contributed by atoms with Gasteiger partial charge in [-0.1, -0.05) is 122 Å². The van der Waals surface area contributed by atoms with Crippen LogP contribution in [-0.4, -0.2) is 0 Å². The Labute approximate surface area is 347 Å². The Bertz CT molecular complexity index is 2480. The Morgan fingerprint density at radius 2 is 1.12 bits per heavy atom. The van der Waals surface area contributed by atoms with Crippen molar-refractivity contribution in [3.8, 4) is 22.6 Å². The van der Waals surface area contributed by atoms with E-state index in [1.807, 2.05) is 0 Å². The Balaban J connectivity index is 1.11. The highest BCUT2D eigenvalue weighted by molar-refractivity contribution is 5.85. The molecule has 1 heterocycles. The lowest BCUT2D eigenvalue weighted by molar-refractivity contribution is -0.235. The van der Waals surface area contributed by atoms with Gasteiger partial charge in [0.15, 0.2) is 0 Å². The van der Waals surface area contributed by atoms with Gasteiger partial charge in [-0.15, -0.1) is 0 Å². The van der Waals surface area contributed by atoms with Crippen molar-refractivity contribution in [3.63, 3.8) is 0 Å². The summed E-state index contributed by atoms with van der Waals surface area (Å²) in [6, 6.07) is 40.1. The van der Waals surface area contributed by atoms with E-state index >= 15 is 0 Å². The summed E-state index contributed by atoms with van der Waals surface area (Å²) in [5, 5.41) is 0. The highest BCUT2D eigenvalue weighted by atomic mass is 16.5. The molecule has 2 bridgehead atoms. The van der Waals surface area contributed by atoms with Crippen molar-refractivity contribution in [3.05, 3.63) is 137 Å². The quantitative estimate of drug-likeness (QED) is 0.181. The number of hydrogen-bond donors (Lipinski definition) is 0. The summed E-state index contributed by atoms with van der Waals surface area (Å²) >= 11 is 0. The topological polar surface area (TPSA) is 12.5 Å². The Kier molecular flexibility index (Phi) is 6.93. The molecular weight excluding hydrogens is 703 g/mol.